The van der Waals surface area contributed by atoms with Crippen LogP contribution in [0.3, 0.4) is 0 Å². The van der Waals surface area contributed by atoms with E-state index in [2.05, 4.69) is 31.0 Å². The van der Waals surface area contributed by atoms with Crippen molar-refractivity contribution in [2.75, 3.05) is 33.2 Å². The highest BCUT2D eigenvalue weighted by Crippen LogP contribution is 2.33. The topological polar surface area (TPSA) is 15.3 Å². The van der Waals surface area contributed by atoms with Gasteiger partial charge in [-0.05, 0) is 31.3 Å². The summed E-state index contributed by atoms with van der Waals surface area (Å²) in [4.78, 5) is 2.58. The van der Waals surface area contributed by atoms with Gasteiger partial charge in [0.05, 0.1) is 0 Å². The molecule has 1 saturated heterocycles. The van der Waals surface area contributed by atoms with Gasteiger partial charge in [0.1, 0.15) is 0 Å². The number of nitrogens with zero attached hydrogens (tertiary/aromatic N) is 1. The van der Waals surface area contributed by atoms with E-state index in [0.717, 1.165) is 12.5 Å². The van der Waals surface area contributed by atoms with Crippen LogP contribution in [-0.2, 0) is 0 Å². The van der Waals surface area contributed by atoms with Crippen LogP contribution in [0.5, 0.6) is 0 Å². The van der Waals surface area contributed by atoms with Crippen LogP contribution in [-0.4, -0.2) is 38.1 Å². The summed E-state index contributed by atoms with van der Waals surface area (Å²) in [7, 11) is 2.03. The summed E-state index contributed by atoms with van der Waals surface area (Å²) in [5.74, 6) is 0.893. The number of likely N-dealkylation sites (tertiary alicyclic amines) is 1. The fourth-order valence-corrected chi connectivity index (χ4v) is 2.01. The summed E-state index contributed by atoms with van der Waals surface area (Å²) in [5, 5.41) is 3.21. The number of rotatable bonds is 3. The molecule has 1 heterocycles. The Bertz CT molecular complexity index is 149. The zero-order chi connectivity index (χ0) is 9.90. The second kappa shape index (κ2) is 4.43. The Morgan fingerprint density at radius 2 is 2.08 bits per heavy atom. The van der Waals surface area contributed by atoms with E-state index in [1.165, 1.54) is 26.1 Å². The lowest BCUT2D eigenvalue weighted by Crippen LogP contribution is -2.30. The predicted molar refractivity (Wildman–Crippen MR) is 57.9 cm³/mol. The van der Waals surface area contributed by atoms with E-state index in [4.69, 9.17) is 0 Å². The molecule has 0 aromatic rings. The van der Waals surface area contributed by atoms with Crippen LogP contribution in [0.25, 0.3) is 0 Å². The first kappa shape index (κ1) is 11.0. The van der Waals surface area contributed by atoms with Gasteiger partial charge in [0.25, 0.3) is 0 Å². The van der Waals surface area contributed by atoms with Crippen LogP contribution in [0.15, 0.2) is 0 Å². The van der Waals surface area contributed by atoms with Crippen molar-refractivity contribution in [3.05, 3.63) is 0 Å². The molecule has 1 rings (SSSR count). The summed E-state index contributed by atoms with van der Waals surface area (Å²) < 4.78 is 0. The molecular weight excluding hydrogens is 160 g/mol. The second-order valence-corrected chi connectivity index (χ2v) is 5.26. The Morgan fingerprint density at radius 3 is 2.54 bits per heavy atom. The molecule has 78 valence electrons. The van der Waals surface area contributed by atoms with Gasteiger partial charge in [0.2, 0.25) is 0 Å². The van der Waals surface area contributed by atoms with Crippen molar-refractivity contribution in [2.45, 2.75) is 27.2 Å². The van der Waals surface area contributed by atoms with E-state index >= 15 is 0 Å². The fourth-order valence-electron chi connectivity index (χ4n) is 2.01. The van der Waals surface area contributed by atoms with E-state index < -0.39 is 0 Å². The third-order valence-electron chi connectivity index (χ3n) is 3.18. The van der Waals surface area contributed by atoms with E-state index in [1.54, 1.807) is 0 Å². The third-order valence-corrected chi connectivity index (χ3v) is 3.18. The Balaban J connectivity index is 2.28. The smallest absolute Gasteiger partial charge is 0.0107 e. The van der Waals surface area contributed by atoms with Crippen LogP contribution in [0.1, 0.15) is 27.2 Å². The molecule has 1 N–H and O–H groups in total. The van der Waals surface area contributed by atoms with Crippen LogP contribution >= 0.6 is 0 Å². The van der Waals surface area contributed by atoms with Crippen LogP contribution in [0.2, 0.25) is 0 Å². The van der Waals surface area contributed by atoms with Crippen molar-refractivity contribution in [2.24, 2.45) is 11.3 Å². The number of hydrogen-bond donors (Lipinski definition) is 1. The van der Waals surface area contributed by atoms with Gasteiger partial charge < -0.3 is 10.2 Å². The molecule has 13 heavy (non-hydrogen) atoms. The molecule has 1 atom stereocenters. The van der Waals surface area contributed by atoms with Gasteiger partial charge in [0.15, 0.2) is 0 Å². The van der Waals surface area contributed by atoms with Crippen molar-refractivity contribution in [1.29, 1.82) is 0 Å². The van der Waals surface area contributed by atoms with Gasteiger partial charge in [-0.25, -0.2) is 0 Å². The molecule has 0 saturated carbocycles. The minimum atomic E-state index is 0.494. The molecule has 2 nitrogen and oxygen atoms in total. The van der Waals surface area contributed by atoms with Crippen molar-refractivity contribution in [3.63, 3.8) is 0 Å². The lowest BCUT2D eigenvalue weighted by atomic mass is 9.80. The molecule has 2 heteroatoms. The average molecular weight is 184 g/mol. The lowest BCUT2D eigenvalue weighted by molar-refractivity contribution is 0.230. The highest BCUT2D eigenvalue weighted by atomic mass is 15.2. The first-order chi connectivity index (χ1) is 6.04. The summed E-state index contributed by atoms with van der Waals surface area (Å²) >= 11 is 0. The van der Waals surface area contributed by atoms with Gasteiger partial charge in [0, 0.05) is 19.6 Å². The minimum absolute atomic E-state index is 0.494. The molecule has 0 aromatic carbocycles. The number of nitrogens with one attached hydrogen (secondary N) is 1. The van der Waals surface area contributed by atoms with Crippen molar-refractivity contribution in [1.82, 2.24) is 10.2 Å². The Hall–Kier alpha value is -0.0800. The SMILES string of the molecule is CNCCN1CCC(C(C)(C)C)C1. The van der Waals surface area contributed by atoms with Crippen LogP contribution < -0.4 is 5.32 Å². The standard InChI is InChI=1S/C11H24N2/c1-11(2,3)10-5-7-13(9-10)8-6-12-4/h10,12H,5-9H2,1-4H3. The quantitative estimate of drug-likeness (QED) is 0.716. The zero-order valence-electron chi connectivity index (χ0n) is 9.56. The zero-order valence-corrected chi connectivity index (χ0v) is 9.56. The third kappa shape index (κ3) is 3.28. The van der Waals surface area contributed by atoms with Crippen LogP contribution in [0.4, 0.5) is 0 Å². The largest absolute Gasteiger partial charge is 0.318 e. The maximum atomic E-state index is 3.21. The first-order valence-corrected chi connectivity index (χ1v) is 5.41. The molecule has 0 aromatic heterocycles. The van der Waals surface area contributed by atoms with Gasteiger partial charge in [-0.1, -0.05) is 20.8 Å². The van der Waals surface area contributed by atoms with Crippen molar-refractivity contribution >= 4 is 0 Å². The molecule has 0 spiro atoms. The van der Waals surface area contributed by atoms with Gasteiger partial charge in [-0.2, -0.15) is 0 Å². The highest BCUT2D eigenvalue weighted by molar-refractivity contribution is 4.83. The molecule has 1 aliphatic heterocycles. The number of likely N-dealkylation sites (N-methyl/N-ethyl adjacent to an activating group) is 1. The van der Waals surface area contributed by atoms with Crippen molar-refractivity contribution < 1.29 is 0 Å². The average Bonchev–Trinajstić information content (AvgIpc) is 2.47. The van der Waals surface area contributed by atoms with Crippen molar-refractivity contribution in [3.8, 4) is 0 Å². The van der Waals surface area contributed by atoms with Gasteiger partial charge in [-0.15, -0.1) is 0 Å². The first-order valence-electron chi connectivity index (χ1n) is 5.41. The summed E-state index contributed by atoms with van der Waals surface area (Å²) in [6.07, 6.45) is 1.38. The highest BCUT2D eigenvalue weighted by Gasteiger charge is 2.31. The summed E-state index contributed by atoms with van der Waals surface area (Å²) in [6.45, 7) is 12.0. The molecule has 0 aliphatic carbocycles. The Labute approximate surface area is 82.7 Å². The number of hydrogen-bond acceptors (Lipinski definition) is 2. The van der Waals surface area contributed by atoms with E-state index in [0.29, 0.717) is 5.41 Å². The maximum absolute atomic E-state index is 3.21. The fraction of sp³-hybridized carbons (Fsp3) is 1.00. The van der Waals surface area contributed by atoms with E-state index in [9.17, 15) is 0 Å². The second-order valence-electron chi connectivity index (χ2n) is 5.26. The Kier molecular flexibility index (Phi) is 3.74. The van der Waals surface area contributed by atoms with E-state index in [1.807, 2.05) is 7.05 Å². The molecule has 1 fully saturated rings. The summed E-state index contributed by atoms with van der Waals surface area (Å²) in [6, 6.07) is 0. The molecule has 0 radical (unpaired) electrons. The molecule has 1 unspecified atom stereocenters. The lowest BCUT2D eigenvalue weighted by Gasteiger charge is -2.27. The van der Waals surface area contributed by atoms with E-state index in [-0.39, 0.29) is 0 Å². The summed E-state index contributed by atoms with van der Waals surface area (Å²) in [5.41, 5.74) is 0.494. The predicted octanol–water partition coefficient (Wildman–Crippen LogP) is 1.57. The molecule has 0 bridgehead atoms. The molecular formula is C11H24N2. The Morgan fingerprint density at radius 1 is 1.38 bits per heavy atom. The monoisotopic (exact) mass is 184 g/mol. The minimum Gasteiger partial charge on any atom is -0.318 e. The van der Waals surface area contributed by atoms with Gasteiger partial charge >= 0.3 is 0 Å². The van der Waals surface area contributed by atoms with Crippen LogP contribution in [0, 0.1) is 11.3 Å². The normalized spacial score (nSPS) is 25.4. The van der Waals surface area contributed by atoms with Gasteiger partial charge in [-0.3, -0.25) is 0 Å². The molecule has 0 amide bonds. The maximum Gasteiger partial charge on any atom is 0.0107 e. The molecule has 1 aliphatic rings.